The van der Waals surface area contributed by atoms with E-state index < -0.39 is 0 Å². The Bertz CT molecular complexity index is 468. The molecule has 1 aromatic carbocycles. The van der Waals surface area contributed by atoms with Gasteiger partial charge in [0.15, 0.2) is 0 Å². The van der Waals surface area contributed by atoms with Crippen LogP contribution < -0.4 is 15.8 Å². The Morgan fingerprint density at radius 2 is 2.00 bits per heavy atom. The third-order valence-electron chi connectivity index (χ3n) is 4.27. The van der Waals surface area contributed by atoms with E-state index >= 15 is 0 Å². The van der Waals surface area contributed by atoms with E-state index in [1.165, 1.54) is 6.42 Å². The minimum atomic E-state index is -0.285. The van der Waals surface area contributed by atoms with Crippen molar-refractivity contribution in [3.8, 4) is 5.75 Å². The second kappa shape index (κ2) is 7.46. The van der Waals surface area contributed by atoms with Crippen LogP contribution in [0.15, 0.2) is 24.3 Å². The number of methoxy groups -OCH3 is 1. The van der Waals surface area contributed by atoms with Crippen molar-refractivity contribution in [3.05, 3.63) is 29.8 Å². The normalized spacial score (nSPS) is 17.2. The maximum atomic E-state index is 12.0. The number of hydrogen-bond donors (Lipinski definition) is 2. The highest BCUT2D eigenvalue weighted by Gasteiger charge is 2.29. The van der Waals surface area contributed by atoms with Gasteiger partial charge in [0.05, 0.1) is 7.11 Å². The van der Waals surface area contributed by atoms with Gasteiger partial charge in [0.1, 0.15) is 5.75 Å². The van der Waals surface area contributed by atoms with Crippen molar-refractivity contribution < 1.29 is 9.53 Å². The molecule has 0 radical (unpaired) electrons. The summed E-state index contributed by atoms with van der Waals surface area (Å²) in [5.74, 6) is 0.934. The fourth-order valence-corrected chi connectivity index (χ4v) is 3.06. The first-order chi connectivity index (χ1) is 10.1. The average Bonchev–Trinajstić information content (AvgIpc) is 2.48. The summed E-state index contributed by atoms with van der Waals surface area (Å²) >= 11 is 0. The molecule has 21 heavy (non-hydrogen) atoms. The molecule has 0 aromatic heterocycles. The zero-order valence-corrected chi connectivity index (χ0v) is 12.9. The third kappa shape index (κ3) is 4.74. The largest absolute Gasteiger partial charge is 0.496 e. The highest BCUT2D eigenvalue weighted by Crippen LogP contribution is 2.28. The summed E-state index contributed by atoms with van der Waals surface area (Å²) in [6.07, 6.45) is 6.68. The van der Waals surface area contributed by atoms with Gasteiger partial charge in [-0.3, -0.25) is 4.79 Å². The lowest BCUT2D eigenvalue weighted by atomic mass is 9.80. The topological polar surface area (TPSA) is 64.3 Å². The molecule has 1 aliphatic rings. The van der Waals surface area contributed by atoms with Gasteiger partial charge in [-0.15, -0.1) is 0 Å². The summed E-state index contributed by atoms with van der Waals surface area (Å²) in [6.45, 7) is 0.620. The van der Waals surface area contributed by atoms with Crippen molar-refractivity contribution in [3.63, 3.8) is 0 Å². The van der Waals surface area contributed by atoms with Crippen LogP contribution >= 0.6 is 0 Å². The molecular formula is C17H26N2O2. The molecule has 2 rings (SSSR count). The maximum absolute atomic E-state index is 12.0. The van der Waals surface area contributed by atoms with Crippen LogP contribution in [0.1, 0.15) is 44.1 Å². The number of nitrogens with one attached hydrogen (secondary N) is 1. The molecule has 3 N–H and O–H groups in total. The van der Waals surface area contributed by atoms with Crippen molar-refractivity contribution in [2.45, 2.75) is 50.5 Å². The second-order valence-electron chi connectivity index (χ2n) is 6.01. The molecule has 0 saturated heterocycles. The summed E-state index contributed by atoms with van der Waals surface area (Å²) < 4.78 is 5.31. The molecule has 1 fully saturated rings. The predicted molar refractivity (Wildman–Crippen MR) is 84.3 cm³/mol. The van der Waals surface area contributed by atoms with Gasteiger partial charge >= 0.3 is 0 Å². The molecule has 0 bridgehead atoms. The number of nitrogens with two attached hydrogens (primary N) is 1. The molecule has 4 heteroatoms. The van der Waals surface area contributed by atoms with E-state index in [1.54, 1.807) is 7.11 Å². The smallest absolute Gasteiger partial charge is 0.221 e. The molecule has 116 valence electrons. The SMILES string of the molecule is COc1ccccc1CCNC(=O)CC1(N)CCCCC1. The van der Waals surface area contributed by atoms with Crippen LogP contribution in [-0.2, 0) is 11.2 Å². The van der Waals surface area contributed by atoms with Crippen molar-refractivity contribution in [1.82, 2.24) is 5.32 Å². The Labute approximate surface area is 127 Å². The summed E-state index contributed by atoms with van der Waals surface area (Å²) in [5.41, 5.74) is 7.13. The van der Waals surface area contributed by atoms with Gasteiger partial charge in [0.25, 0.3) is 0 Å². The first-order valence-electron chi connectivity index (χ1n) is 7.80. The molecular weight excluding hydrogens is 264 g/mol. The fourth-order valence-electron chi connectivity index (χ4n) is 3.06. The van der Waals surface area contributed by atoms with Crippen molar-refractivity contribution >= 4 is 5.91 Å². The molecule has 0 aliphatic heterocycles. The quantitative estimate of drug-likeness (QED) is 0.845. The van der Waals surface area contributed by atoms with Gasteiger partial charge in [-0.05, 0) is 30.9 Å². The number of para-hydroxylation sites is 1. The third-order valence-corrected chi connectivity index (χ3v) is 4.27. The lowest BCUT2D eigenvalue weighted by Crippen LogP contribution is -2.46. The van der Waals surface area contributed by atoms with Gasteiger partial charge in [0.2, 0.25) is 5.91 Å². The van der Waals surface area contributed by atoms with E-state index in [-0.39, 0.29) is 11.4 Å². The van der Waals surface area contributed by atoms with E-state index in [4.69, 9.17) is 10.5 Å². The Kier molecular flexibility index (Phi) is 5.62. The Morgan fingerprint density at radius 1 is 1.29 bits per heavy atom. The van der Waals surface area contributed by atoms with Crippen LogP contribution in [0.25, 0.3) is 0 Å². The van der Waals surface area contributed by atoms with Gasteiger partial charge in [-0.2, -0.15) is 0 Å². The van der Waals surface area contributed by atoms with E-state index in [0.29, 0.717) is 13.0 Å². The van der Waals surface area contributed by atoms with E-state index in [1.807, 2.05) is 24.3 Å². The molecule has 4 nitrogen and oxygen atoms in total. The second-order valence-corrected chi connectivity index (χ2v) is 6.01. The number of carbonyl (C=O) groups excluding carboxylic acids is 1. The molecule has 1 amide bonds. The van der Waals surface area contributed by atoms with Gasteiger partial charge in [-0.25, -0.2) is 0 Å². The number of benzene rings is 1. The lowest BCUT2D eigenvalue weighted by molar-refractivity contribution is -0.122. The van der Waals surface area contributed by atoms with Crippen molar-refractivity contribution in [2.24, 2.45) is 5.73 Å². The summed E-state index contributed by atoms with van der Waals surface area (Å²) in [5, 5.41) is 2.98. The van der Waals surface area contributed by atoms with Crippen LogP contribution in [-0.4, -0.2) is 25.1 Å². The molecule has 0 spiro atoms. The highest BCUT2D eigenvalue weighted by molar-refractivity contribution is 5.77. The summed E-state index contributed by atoms with van der Waals surface area (Å²) in [6, 6.07) is 7.89. The Balaban J connectivity index is 1.76. The van der Waals surface area contributed by atoms with Crippen molar-refractivity contribution in [1.29, 1.82) is 0 Å². The molecule has 1 aromatic rings. The summed E-state index contributed by atoms with van der Waals surface area (Å²) in [7, 11) is 1.67. The van der Waals surface area contributed by atoms with Crippen LogP contribution in [0.5, 0.6) is 5.75 Å². The van der Waals surface area contributed by atoms with Gasteiger partial charge in [-0.1, -0.05) is 37.5 Å². The lowest BCUT2D eigenvalue weighted by Gasteiger charge is -2.32. The number of ether oxygens (including phenoxy) is 1. The minimum absolute atomic E-state index is 0.0642. The monoisotopic (exact) mass is 290 g/mol. The fraction of sp³-hybridized carbons (Fsp3) is 0.588. The Morgan fingerprint density at radius 3 is 2.71 bits per heavy atom. The molecule has 0 atom stereocenters. The molecule has 1 saturated carbocycles. The first-order valence-corrected chi connectivity index (χ1v) is 7.80. The van der Waals surface area contributed by atoms with E-state index in [9.17, 15) is 4.79 Å². The summed E-state index contributed by atoms with van der Waals surface area (Å²) in [4.78, 5) is 12.0. The first kappa shape index (κ1) is 15.8. The highest BCUT2D eigenvalue weighted by atomic mass is 16.5. The van der Waals surface area contributed by atoms with Crippen LogP contribution in [0.2, 0.25) is 0 Å². The van der Waals surface area contributed by atoms with Crippen LogP contribution in [0.3, 0.4) is 0 Å². The predicted octanol–water partition coefficient (Wildman–Crippen LogP) is 2.41. The molecule has 0 heterocycles. The number of amides is 1. The standard InChI is InChI=1S/C17H26N2O2/c1-21-15-8-4-3-7-14(15)9-12-19-16(20)13-17(18)10-5-2-6-11-17/h3-4,7-8H,2,5-6,9-13,18H2,1H3,(H,19,20). The maximum Gasteiger partial charge on any atom is 0.221 e. The van der Waals surface area contributed by atoms with Crippen LogP contribution in [0, 0.1) is 0 Å². The minimum Gasteiger partial charge on any atom is -0.496 e. The van der Waals surface area contributed by atoms with Gasteiger partial charge in [0, 0.05) is 18.5 Å². The zero-order valence-electron chi connectivity index (χ0n) is 12.9. The number of carbonyl (C=O) groups is 1. The molecule has 0 unspecified atom stereocenters. The number of hydrogen-bond acceptors (Lipinski definition) is 3. The van der Waals surface area contributed by atoms with Crippen molar-refractivity contribution in [2.75, 3.05) is 13.7 Å². The molecule has 1 aliphatic carbocycles. The Hall–Kier alpha value is -1.55. The zero-order chi connectivity index (χ0) is 15.1. The van der Waals surface area contributed by atoms with E-state index in [0.717, 1.165) is 43.4 Å². The van der Waals surface area contributed by atoms with E-state index in [2.05, 4.69) is 5.32 Å². The van der Waals surface area contributed by atoms with Gasteiger partial charge < -0.3 is 15.8 Å². The average molecular weight is 290 g/mol. The number of rotatable bonds is 6. The van der Waals surface area contributed by atoms with Crippen LogP contribution in [0.4, 0.5) is 0 Å².